The van der Waals surface area contributed by atoms with Crippen LogP contribution in [0.2, 0.25) is 0 Å². The first-order valence-electron chi connectivity index (χ1n) is 8.49. The Kier molecular flexibility index (Phi) is 5.71. The van der Waals surface area contributed by atoms with Gasteiger partial charge in [-0.15, -0.1) is 0 Å². The van der Waals surface area contributed by atoms with Crippen molar-refractivity contribution in [1.82, 2.24) is 9.62 Å². The summed E-state index contributed by atoms with van der Waals surface area (Å²) in [4.78, 5) is 14.8. The van der Waals surface area contributed by atoms with Crippen molar-refractivity contribution in [3.8, 4) is 0 Å². The van der Waals surface area contributed by atoms with Crippen molar-refractivity contribution < 1.29 is 13.2 Å². The molecule has 0 atom stereocenters. The Bertz CT molecular complexity index is 720. The molecule has 1 aromatic carbocycles. The molecule has 1 amide bonds. The number of hydrogen-bond donors (Lipinski definition) is 1. The standard InChI is InChI=1S/C18H28N2O3S/c1-12-6-8-16(9-7-12)20(5)18(21)15-10-13(2)14(3)17(11-15)24(22,23)19-4/h10-12,16,19H,6-9H2,1-5H3. The molecule has 5 nitrogen and oxygen atoms in total. The van der Waals surface area contributed by atoms with Gasteiger partial charge in [-0.3, -0.25) is 4.79 Å². The van der Waals surface area contributed by atoms with Crippen LogP contribution in [0.3, 0.4) is 0 Å². The molecule has 1 fully saturated rings. The summed E-state index contributed by atoms with van der Waals surface area (Å²) in [6.45, 7) is 5.85. The summed E-state index contributed by atoms with van der Waals surface area (Å²) in [6.07, 6.45) is 4.29. The van der Waals surface area contributed by atoms with Gasteiger partial charge in [0.1, 0.15) is 0 Å². The van der Waals surface area contributed by atoms with E-state index < -0.39 is 10.0 Å². The van der Waals surface area contributed by atoms with Gasteiger partial charge in [0.15, 0.2) is 0 Å². The highest BCUT2D eigenvalue weighted by Crippen LogP contribution is 2.28. The molecule has 2 rings (SSSR count). The van der Waals surface area contributed by atoms with Crippen LogP contribution in [0.15, 0.2) is 17.0 Å². The van der Waals surface area contributed by atoms with Crippen LogP contribution in [-0.4, -0.2) is 39.4 Å². The maximum absolute atomic E-state index is 12.9. The second-order valence-electron chi connectivity index (χ2n) is 6.95. The van der Waals surface area contributed by atoms with Gasteiger partial charge in [-0.2, -0.15) is 0 Å². The third-order valence-corrected chi connectivity index (χ3v) is 6.82. The molecule has 0 heterocycles. The normalized spacial score (nSPS) is 21.5. The Labute approximate surface area is 145 Å². The molecule has 1 aliphatic carbocycles. The Morgan fingerprint density at radius 1 is 1.17 bits per heavy atom. The van der Waals surface area contributed by atoms with Crippen molar-refractivity contribution in [3.63, 3.8) is 0 Å². The van der Waals surface area contributed by atoms with Gasteiger partial charge in [0.2, 0.25) is 10.0 Å². The van der Waals surface area contributed by atoms with Crippen LogP contribution in [-0.2, 0) is 10.0 Å². The number of carbonyl (C=O) groups excluding carboxylic acids is 1. The van der Waals surface area contributed by atoms with E-state index >= 15 is 0 Å². The summed E-state index contributed by atoms with van der Waals surface area (Å²) < 4.78 is 26.8. The number of aryl methyl sites for hydroxylation is 1. The lowest BCUT2D eigenvalue weighted by Gasteiger charge is -2.33. The molecular formula is C18H28N2O3S. The highest BCUT2D eigenvalue weighted by molar-refractivity contribution is 7.89. The van der Waals surface area contributed by atoms with E-state index in [1.54, 1.807) is 17.9 Å². The number of rotatable bonds is 4. The molecular weight excluding hydrogens is 324 g/mol. The molecule has 0 aromatic heterocycles. The third-order valence-electron chi connectivity index (χ3n) is 5.28. The predicted octanol–water partition coefficient (Wildman–Crippen LogP) is 2.86. The average molecular weight is 353 g/mol. The summed E-state index contributed by atoms with van der Waals surface area (Å²) in [5.74, 6) is 0.615. The molecule has 0 spiro atoms. The summed E-state index contributed by atoms with van der Waals surface area (Å²) in [7, 11) is -0.379. The van der Waals surface area contributed by atoms with E-state index in [9.17, 15) is 13.2 Å². The molecule has 1 aliphatic rings. The van der Waals surface area contributed by atoms with Crippen molar-refractivity contribution in [1.29, 1.82) is 0 Å². The molecule has 0 saturated heterocycles. The summed E-state index contributed by atoms with van der Waals surface area (Å²) in [5.41, 5.74) is 1.92. The van der Waals surface area contributed by atoms with Gasteiger partial charge in [-0.25, -0.2) is 13.1 Å². The minimum Gasteiger partial charge on any atom is -0.339 e. The number of benzene rings is 1. The number of sulfonamides is 1. The van der Waals surface area contributed by atoms with Crippen molar-refractivity contribution in [2.24, 2.45) is 5.92 Å². The van der Waals surface area contributed by atoms with E-state index in [-0.39, 0.29) is 16.8 Å². The molecule has 0 unspecified atom stereocenters. The summed E-state index contributed by atoms with van der Waals surface area (Å²) in [5, 5.41) is 0. The Hall–Kier alpha value is -1.40. The monoisotopic (exact) mass is 352 g/mol. The van der Waals surface area contributed by atoms with Crippen LogP contribution in [0.25, 0.3) is 0 Å². The zero-order chi connectivity index (χ0) is 18.1. The van der Waals surface area contributed by atoms with Gasteiger partial charge in [-0.1, -0.05) is 6.92 Å². The fraction of sp³-hybridized carbons (Fsp3) is 0.611. The van der Waals surface area contributed by atoms with Crippen molar-refractivity contribution >= 4 is 15.9 Å². The molecule has 134 valence electrons. The van der Waals surface area contributed by atoms with Crippen LogP contribution in [0.5, 0.6) is 0 Å². The van der Waals surface area contributed by atoms with E-state index in [1.165, 1.54) is 13.1 Å². The fourth-order valence-corrected chi connectivity index (χ4v) is 4.40. The SMILES string of the molecule is CNS(=O)(=O)c1cc(C(=O)N(C)C2CCC(C)CC2)cc(C)c1C. The van der Waals surface area contributed by atoms with Gasteiger partial charge < -0.3 is 4.90 Å². The first-order chi connectivity index (χ1) is 11.2. The highest BCUT2D eigenvalue weighted by Gasteiger charge is 2.27. The molecule has 6 heteroatoms. The second-order valence-corrected chi connectivity index (χ2v) is 8.81. The van der Waals surface area contributed by atoms with E-state index in [4.69, 9.17) is 0 Å². The van der Waals surface area contributed by atoms with Gasteiger partial charge in [0.25, 0.3) is 5.91 Å². The number of amides is 1. The predicted molar refractivity (Wildman–Crippen MR) is 95.7 cm³/mol. The minimum absolute atomic E-state index is 0.106. The zero-order valence-electron chi connectivity index (χ0n) is 15.2. The molecule has 1 saturated carbocycles. The number of nitrogens with zero attached hydrogens (tertiary/aromatic N) is 1. The van der Waals surface area contributed by atoms with E-state index in [0.717, 1.165) is 37.2 Å². The highest BCUT2D eigenvalue weighted by atomic mass is 32.2. The quantitative estimate of drug-likeness (QED) is 0.906. The number of nitrogens with one attached hydrogen (secondary N) is 1. The van der Waals surface area contributed by atoms with Crippen LogP contribution < -0.4 is 4.72 Å². The molecule has 1 N–H and O–H groups in total. The van der Waals surface area contributed by atoms with Crippen LogP contribution in [0, 0.1) is 19.8 Å². The Morgan fingerprint density at radius 2 is 1.75 bits per heavy atom. The maximum Gasteiger partial charge on any atom is 0.253 e. The number of carbonyl (C=O) groups is 1. The zero-order valence-corrected chi connectivity index (χ0v) is 16.0. The first kappa shape index (κ1) is 18.9. The van der Waals surface area contributed by atoms with Gasteiger partial charge in [0.05, 0.1) is 4.90 Å². The molecule has 1 aromatic rings. The smallest absolute Gasteiger partial charge is 0.253 e. The number of hydrogen-bond acceptors (Lipinski definition) is 3. The summed E-state index contributed by atoms with van der Waals surface area (Å²) in [6, 6.07) is 3.52. The molecule has 0 radical (unpaired) electrons. The topological polar surface area (TPSA) is 66.5 Å². The minimum atomic E-state index is -3.59. The first-order valence-corrected chi connectivity index (χ1v) is 9.97. The van der Waals surface area contributed by atoms with Crippen LogP contribution in [0.1, 0.15) is 54.1 Å². The van der Waals surface area contributed by atoms with E-state index in [1.807, 2.05) is 14.0 Å². The van der Waals surface area contributed by atoms with Crippen LogP contribution in [0.4, 0.5) is 0 Å². The van der Waals surface area contributed by atoms with Crippen molar-refractivity contribution in [3.05, 3.63) is 28.8 Å². The Balaban J connectivity index is 2.33. The summed E-state index contributed by atoms with van der Waals surface area (Å²) >= 11 is 0. The molecule has 0 aliphatic heterocycles. The van der Waals surface area contributed by atoms with Gasteiger partial charge in [-0.05, 0) is 75.8 Å². The molecule has 24 heavy (non-hydrogen) atoms. The largest absolute Gasteiger partial charge is 0.339 e. The van der Waals surface area contributed by atoms with E-state index in [2.05, 4.69) is 11.6 Å². The maximum atomic E-state index is 12.9. The van der Waals surface area contributed by atoms with Gasteiger partial charge >= 0.3 is 0 Å². The fourth-order valence-electron chi connectivity index (χ4n) is 3.34. The second kappa shape index (κ2) is 7.23. The third kappa shape index (κ3) is 3.81. The Morgan fingerprint density at radius 3 is 2.29 bits per heavy atom. The van der Waals surface area contributed by atoms with E-state index in [0.29, 0.717) is 11.1 Å². The lowest BCUT2D eigenvalue weighted by atomic mass is 9.86. The van der Waals surface area contributed by atoms with Crippen molar-refractivity contribution in [2.45, 2.75) is 57.4 Å². The lowest BCUT2D eigenvalue weighted by Crippen LogP contribution is -2.39. The van der Waals surface area contributed by atoms with Crippen molar-refractivity contribution in [2.75, 3.05) is 14.1 Å². The van der Waals surface area contributed by atoms with Crippen LogP contribution >= 0.6 is 0 Å². The van der Waals surface area contributed by atoms with Gasteiger partial charge in [0, 0.05) is 18.7 Å². The average Bonchev–Trinajstić information content (AvgIpc) is 2.56. The molecule has 0 bridgehead atoms. The lowest BCUT2D eigenvalue weighted by molar-refractivity contribution is 0.0679.